The smallest absolute Gasteiger partial charge is 0.191 e. The number of fused-ring (bicyclic) bond motifs is 1. The maximum Gasteiger partial charge on any atom is 0.191 e. The number of H-pyrrole nitrogens is 1. The van der Waals surface area contributed by atoms with Crippen molar-refractivity contribution in [1.29, 1.82) is 0 Å². The molecule has 0 bridgehead atoms. The van der Waals surface area contributed by atoms with Gasteiger partial charge >= 0.3 is 0 Å². The standard InChI is InChI=1S/C23H29FN4O2.HI/c1-4-25-23(26-11-9-16-5-8-21(29-2)22(13-16)30-3)27-12-10-17-15-28-20-7-6-18(24)14-19(17)20;/h5-8,13-15,28H,4,9-12H2,1-3H3,(H2,25,26,27);1H. The Hall–Kier alpha value is -2.49. The summed E-state index contributed by atoms with van der Waals surface area (Å²) in [6.45, 7) is 4.16. The highest BCUT2D eigenvalue weighted by atomic mass is 127. The molecule has 0 saturated carbocycles. The minimum Gasteiger partial charge on any atom is -0.493 e. The Balaban J connectivity index is 0.00000341. The van der Waals surface area contributed by atoms with Gasteiger partial charge < -0.3 is 25.1 Å². The third-order valence-corrected chi connectivity index (χ3v) is 4.88. The highest BCUT2D eigenvalue weighted by Crippen LogP contribution is 2.27. The van der Waals surface area contributed by atoms with Crippen LogP contribution >= 0.6 is 24.0 Å². The molecule has 0 unspecified atom stereocenters. The molecule has 168 valence electrons. The highest BCUT2D eigenvalue weighted by molar-refractivity contribution is 14.0. The first kappa shape index (κ1) is 24.8. The van der Waals surface area contributed by atoms with E-state index in [0.29, 0.717) is 6.54 Å². The molecule has 3 rings (SSSR count). The molecular weight excluding hydrogens is 510 g/mol. The second-order valence-corrected chi connectivity index (χ2v) is 6.88. The highest BCUT2D eigenvalue weighted by Gasteiger charge is 2.06. The van der Waals surface area contributed by atoms with Crippen molar-refractivity contribution >= 4 is 40.8 Å². The van der Waals surface area contributed by atoms with Gasteiger partial charge in [-0.1, -0.05) is 6.07 Å². The summed E-state index contributed by atoms with van der Waals surface area (Å²) < 4.78 is 24.2. The molecular formula is C23H30FIN4O2. The number of aromatic amines is 1. The first-order chi connectivity index (χ1) is 14.6. The molecule has 0 fully saturated rings. The summed E-state index contributed by atoms with van der Waals surface area (Å²) in [4.78, 5) is 7.84. The van der Waals surface area contributed by atoms with E-state index in [0.717, 1.165) is 65.4 Å². The van der Waals surface area contributed by atoms with Gasteiger partial charge in [0.25, 0.3) is 0 Å². The number of hydrogen-bond donors (Lipinski definition) is 3. The predicted octanol–water partition coefficient (Wildman–Crippen LogP) is 4.28. The van der Waals surface area contributed by atoms with Crippen LogP contribution in [0.4, 0.5) is 4.39 Å². The molecule has 31 heavy (non-hydrogen) atoms. The Morgan fingerprint density at radius 2 is 1.84 bits per heavy atom. The Kier molecular flexibility index (Phi) is 9.90. The molecule has 0 atom stereocenters. The van der Waals surface area contributed by atoms with Gasteiger partial charge in [0.05, 0.1) is 14.2 Å². The maximum absolute atomic E-state index is 13.5. The van der Waals surface area contributed by atoms with Gasteiger partial charge in [0.15, 0.2) is 17.5 Å². The molecule has 0 aliphatic rings. The number of aromatic nitrogens is 1. The van der Waals surface area contributed by atoms with Crippen LogP contribution < -0.4 is 20.1 Å². The number of aliphatic imine (C=N–C) groups is 1. The van der Waals surface area contributed by atoms with Crippen molar-refractivity contribution in [3.63, 3.8) is 0 Å². The molecule has 1 aromatic heterocycles. The quantitative estimate of drug-likeness (QED) is 0.215. The van der Waals surface area contributed by atoms with Gasteiger partial charge in [-0.2, -0.15) is 0 Å². The Morgan fingerprint density at radius 1 is 1.03 bits per heavy atom. The van der Waals surface area contributed by atoms with Gasteiger partial charge in [-0.05, 0) is 61.2 Å². The molecule has 1 heterocycles. The zero-order valence-electron chi connectivity index (χ0n) is 18.1. The molecule has 0 radical (unpaired) electrons. The molecule has 3 N–H and O–H groups in total. The van der Waals surface area contributed by atoms with Crippen LogP contribution in [0.15, 0.2) is 47.6 Å². The summed E-state index contributed by atoms with van der Waals surface area (Å²) in [5.41, 5.74) is 3.15. The number of rotatable bonds is 9. The van der Waals surface area contributed by atoms with E-state index in [1.54, 1.807) is 26.4 Å². The van der Waals surface area contributed by atoms with Crippen molar-refractivity contribution in [2.75, 3.05) is 33.9 Å². The van der Waals surface area contributed by atoms with E-state index in [9.17, 15) is 4.39 Å². The molecule has 0 amide bonds. The van der Waals surface area contributed by atoms with Crippen LogP contribution in [0, 0.1) is 5.82 Å². The first-order valence-electron chi connectivity index (χ1n) is 10.1. The summed E-state index contributed by atoms with van der Waals surface area (Å²) >= 11 is 0. The molecule has 3 aromatic rings. The summed E-state index contributed by atoms with van der Waals surface area (Å²) in [5, 5.41) is 7.54. The fourth-order valence-corrected chi connectivity index (χ4v) is 3.35. The van der Waals surface area contributed by atoms with Crippen LogP contribution in [-0.2, 0) is 12.8 Å². The number of nitrogens with zero attached hydrogens (tertiary/aromatic N) is 1. The van der Waals surface area contributed by atoms with Crippen LogP contribution in [0.3, 0.4) is 0 Å². The van der Waals surface area contributed by atoms with E-state index in [1.165, 1.54) is 6.07 Å². The van der Waals surface area contributed by atoms with Crippen molar-refractivity contribution in [1.82, 2.24) is 15.6 Å². The minimum atomic E-state index is -0.225. The van der Waals surface area contributed by atoms with Crippen LogP contribution in [0.25, 0.3) is 10.9 Å². The number of methoxy groups -OCH3 is 2. The van der Waals surface area contributed by atoms with E-state index >= 15 is 0 Å². The fourth-order valence-electron chi connectivity index (χ4n) is 3.35. The minimum absolute atomic E-state index is 0. The first-order valence-corrected chi connectivity index (χ1v) is 10.1. The van der Waals surface area contributed by atoms with Crippen molar-refractivity contribution in [2.45, 2.75) is 19.8 Å². The topological polar surface area (TPSA) is 70.7 Å². The zero-order valence-corrected chi connectivity index (χ0v) is 20.5. The van der Waals surface area contributed by atoms with Crippen molar-refractivity contribution in [3.8, 4) is 11.5 Å². The fraction of sp³-hybridized carbons (Fsp3) is 0.348. The summed E-state index contributed by atoms with van der Waals surface area (Å²) in [6.07, 6.45) is 3.49. The average Bonchev–Trinajstić information content (AvgIpc) is 3.15. The lowest BCUT2D eigenvalue weighted by Gasteiger charge is -2.12. The van der Waals surface area contributed by atoms with Gasteiger partial charge in [0, 0.05) is 36.7 Å². The monoisotopic (exact) mass is 540 g/mol. The molecule has 2 aromatic carbocycles. The van der Waals surface area contributed by atoms with Gasteiger partial charge in [-0.15, -0.1) is 24.0 Å². The van der Waals surface area contributed by atoms with Crippen LogP contribution in [0.1, 0.15) is 18.1 Å². The van der Waals surface area contributed by atoms with Gasteiger partial charge in [-0.25, -0.2) is 4.39 Å². The van der Waals surface area contributed by atoms with E-state index in [4.69, 9.17) is 9.47 Å². The molecule has 0 saturated heterocycles. The average molecular weight is 540 g/mol. The third-order valence-electron chi connectivity index (χ3n) is 4.88. The lowest BCUT2D eigenvalue weighted by molar-refractivity contribution is 0.354. The molecule has 8 heteroatoms. The Morgan fingerprint density at radius 3 is 2.58 bits per heavy atom. The molecule has 0 spiro atoms. The van der Waals surface area contributed by atoms with Crippen LogP contribution in [-0.4, -0.2) is 44.8 Å². The zero-order chi connectivity index (χ0) is 21.3. The van der Waals surface area contributed by atoms with Gasteiger partial charge in [-0.3, -0.25) is 4.99 Å². The second kappa shape index (κ2) is 12.4. The largest absolute Gasteiger partial charge is 0.493 e. The molecule has 0 aliphatic carbocycles. The van der Waals surface area contributed by atoms with Crippen molar-refractivity contribution in [3.05, 3.63) is 59.5 Å². The van der Waals surface area contributed by atoms with Crippen LogP contribution in [0.2, 0.25) is 0 Å². The van der Waals surface area contributed by atoms with E-state index < -0.39 is 0 Å². The summed E-state index contributed by atoms with van der Waals surface area (Å²) in [7, 11) is 3.27. The third kappa shape index (κ3) is 6.75. The maximum atomic E-state index is 13.5. The van der Waals surface area contributed by atoms with Gasteiger partial charge in [0.2, 0.25) is 0 Å². The van der Waals surface area contributed by atoms with Crippen molar-refractivity contribution < 1.29 is 13.9 Å². The Bertz CT molecular complexity index is 1010. The van der Waals surface area contributed by atoms with E-state index in [1.807, 2.05) is 31.3 Å². The normalized spacial score (nSPS) is 11.2. The number of halogens is 2. The number of nitrogens with one attached hydrogen (secondary N) is 3. The SMILES string of the molecule is CCNC(=NCCc1c[nH]c2ccc(F)cc12)NCCc1ccc(OC)c(OC)c1.I. The van der Waals surface area contributed by atoms with E-state index in [-0.39, 0.29) is 29.8 Å². The second-order valence-electron chi connectivity index (χ2n) is 6.88. The lowest BCUT2D eigenvalue weighted by atomic mass is 10.1. The Labute approximate surface area is 199 Å². The number of ether oxygens (including phenoxy) is 2. The number of hydrogen-bond acceptors (Lipinski definition) is 3. The van der Waals surface area contributed by atoms with Gasteiger partial charge in [0.1, 0.15) is 5.82 Å². The molecule has 0 aliphatic heterocycles. The number of benzene rings is 2. The summed E-state index contributed by atoms with van der Waals surface area (Å²) in [6, 6.07) is 10.7. The number of guanidine groups is 1. The lowest BCUT2D eigenvalue weighted by Crippen LogP contribution is -2.38. The predicted molar refractivity (Wildman–Crippen MR) is 135 cm³/mol. The molecule has 6 nitrogen and oxygen atoms in total. The summed E-state index contributed by atoms with van der Waals surface area (Å²) in [5.74, 6) is 1.99. The van der Waals surface area contributed by atoms with E-state index in [2.05, 4.69) is 20.6 Å². The van der Waals surface area contributed by atoms with Crippen LogP contribution in [0.5, 0.6) is 11.5 Å². The van der Waals surface area contributed by atoms with Crippen molar-refractivity contribution in [2.24, 2.45) is 4.99 Å².